The lowest BCUT2D eigenvalue weighted by atomic mass is 9.83. The Bertz CT molecular complexity index is 669. The van der Waals surface area contributed by atoms with E-state index >= 15 is 0 Å². The minimum atomic E-state index is -0.671. The quantitative estimate of drug-likeness (QED) is 0.798. The number of rotatable bonds is 6. The topological polar surface area (TPSA) is 66.8 Å². The highest BCUT2D eigenvalue weighted by atomic mass is 32.1. The molecule has 0 spiro atoms. The van der Waals surface area contributed by atoms with Crippen LogP contribution in [-0.2, 0) is 14.3 Å². The Hall–Kier alpha value is -1.66. The molecule has 1 unspecified atom stereocenters. The van der Waals surface area contributed by atoms with Gasteiger partial charge in [0, 0.05) is 30.6 Å². The van der Waals surface area contributed by atoms with Crippen LogP contribution in [0.1, 0.15) is 43.7 Å². The molecule has 1 amide bonds. The smallest absolute Gasteiger partial charge is 0.290 e. The Balaban J connectivity index is 2.48. The van der Waals surface area contributed by atoms with E-state index < -0.39 is 23.1 Å². The van der Waals surface area contributed by atoms with Crippen LogP contribution in [0.25, 0.3) is 0 Å². The van der Waals surface area contributed by atoms with Crippen LogP contribution in [0.5, 0.6) is 0 Å². The normalized spacial score (nSPS) is 18.6. The highest BCUT2D eigenvalue weighted by Crippen LogP contribution is 2.43. The van der Waals surface area contributed by atoms with Crippen LogP contribution in [0, 0.1) is 12.3 Å². The average molecular weight is 351 g/mol. The number of thiophene rings is 1. The van der Waals surface area contributed by atoms with Crippen molar-refractivity contribution in [2.45, 2.75) is 40.2 Å². The molecular formula is C18H25NO4S. The second-order valence-electron chi connectivity index (χ2n) is 7.06. The largest absolute Gasteiger partial charge is 0.503 e. The van der Waals surface area contributed by atoms with Gasteiger partial charge in [-0.05, 0) is 30.4 Å². The molecule has 2 heterocycles. The average Bonchev–Trinajstić information content (AvgIpc) is 3.02. The zero-order valence-electron chi connectivity index (χ0n) is 14.9. The van der Waals surface area contributed by atoms with Gasteiger partial charge in [-0.25, -0.2) is 0 Å². The molecule has 1 atom stereocenters. The first-order chi connectivity index (χ1) is 11.2. The Morgan fingerprint density at radius 3 is 2.58 bits per heavy atom. The summed E-state index contributed by atoms with van der Waals surface area (Å²) in [7, 11) is 1.61. The molecule has 1 aliphatic heterocycles. The number of aliphatic hydroxyl groups is 1. The number of nitrogens with zero attached hydrogens (tertiary/aromatic N) is 1. The van der Waals surface area contributed by atoms with Crippen molar-refractivity contribution >= 4 is 23.0 Å². The van der Waals surface area contributed by atoms with E-state index in [0.717, 1.165) is 10.4 Å². The van der Waals surface area contributed by atoms with E-state index in [1.54, 1.807) is 32.8 Å². The third kappa shape index (κ3) is 3.39. The number of carbonyl (C=O) groups is 2. The Kier molecular flexibility index (Phi) is 5.50. The van der Waals surface area contributed by atoms with Crippen LogP contribution < -0.4 is 0 Å². The molecule has 0 saturated carbocycles. The van der Waals surface area contributed by atoms with Crippen LogP contribution in [0.15, 0.2) is 22.8 Å². The second-order valence-corrected chi connectivity index (χ2v) is 8.00. The minimum absolute atomic E-state index is 0.194. The van der Waals surface area contributed by atoms with Crippen molar-refractivity contribution in [1.82, 2.24) is 4.90 Å². The number of aryl methyl sites for hydroxylation is 1. The van der Waals surface area contributed by atoms with Crippen molar-refractivity contribution in [3.05, 3.63) is 33.2 Å². The van der Waals surface area contributed by atoms with Gasteiger partial charge >= 0.3 is 0 Å². The van der Waals surface area contributed by atoms with Gasteiger partial charge in [0.25, 0.3) is 5.91 Å². The summed E-state index contributed by atoms with van der Waals surface area (Å²) in [4.78, 5) is 28.0. The van der Waals surface area contributed by atoms with Crippen LogP contribution in [0.2, 0.25) is 0 Å². The van der Waals surface area contributed by atoms with Crippen molar-refractivity contribution in [2.75, 3.05) is 20.3 Å². The third-order valence-electron chi connectivity index (χ3n) is 4.13. The van der Waals surface area contributed by atoms with E-state index in [-0.39, 0.29) is 11.4 Å². The van der Waals surface area contributed by atoms with Crippen molar-refractivity contribution in [2.24, 2.45) is 5.41 Å². The first kappa shape index (κ1) is 18.7. The van der Waals surface area contributed by atoms with Gasteiger partial charge in [0.2, 0.25) is 0 Å². The summed E-state index contributed by atoms with van der Waals surface area (Å²) in [6.07, 6.45) is 0.646. The summed E-state index contributed by atoms with van der Waals surface area (Å²) in [6.45, 7) is 8.30. The molecule has 132 valence electrons. The van der Waals surface area contributed by atoms with E-state index in [9.17, 15) is 14.7 Å². The third-order valence-corrected chi connectivity index (χ3v) is 5.20. The summed E-state index contributed by atoms with van der Waals surface area (Å²) in [5, 5.41) is 12.4. The van der Waals surface area contributed by atoms with Crippen LogP contribution >= 0.6 is 11.3 Å². The highest BCUT2D eigenvalue weighted by Gasteiger charge is 2.46. The molecule has 1 aromatic rings. The summed E-state index contributed by atoms with van der Waals surface area (Å²) >= 11 is 1.50. The van der Waals surface area contributed by atoms with E-state index in [4.69, 9.17) is 4.74 Å². The molecule has 0 saturated heterocycles. The van der Waals surface area contributed by atoms with Gasteiger partial charge in [0.05, 0.1) is 11.6 Å². The summed E-state index contributed by atoms with van der Waals surface area (Å²) in [6, 6.07) is 1.45. The molecule has 1 N–H and O–H groups in total. The minimum Gasteiger partial charge on any atom is -0.503 e. The van der Waals surface area contributed by atoms with Crippen LogP contribution in [0.4, 0.5) is 0 Å². The Labute approximate surface area is 146 Å². The lowest BCUT2D eigenvalue weighted by Gasteiger charge is -2.28. The number of amides is 1. The molecule has 0 fully saturated rings. The zero-order chi connectivity index (χ0) is 18.1. The second kappa shape index (κ2) is 7.07. The lowest BCUT2D eigenvalue weighted by Crippen LogP contribution is -2.33. The van der Waals surface area contributed by atoms with E-state index in [1.807, 2.05) is 18.4 Å². The molecule has 2 rings (SSSR count). The first-order valence-corrected chi connectivity index (χ1v) is 8.90. The van der Waals surface area contributed by atoms with E-state index in [1.165, 1.54) is 11.3 Å². The molecule has 6 heteroatoms. The van der Waals surface area contributed by atoms with Gasteiger partial charge in [-0.3, -0.25) is 9.59 Å². The Morgan fingerprint density at radius 1 is 1.42 bits per heavy atom. The van der Waals surface area contributed by atoms with Crippen LogP contribution in [-0.4, -0.2) is 42.0 Å². The monoisotopic (exact) mass is 351 g/mol. The van der Waals surface area contributed by atoms with Gasteiger partial charge in [0.15, 0.2) is 11.5 Å². The van der Waals surface area contributed by atoms with Gasteiger partial charge in [0.1, 0.15) is 0 Å². The fourth-order valence-electron chi connectivity index (χ4n) is 2.84. The molecule has 0 aliphatic carbocycles. The number of hydrogen-bond donors (Lipinski definition) is 1. The van der Waals surface area contributed by atoms with E-state index in [2.05, 4.69) is 0 Å². The number of carbonyl (C=O) groups excluding carboxylic acids is 2. The maximum absolute atomic E-state index is 12.9. The summed E-state index contributed by atoms with van der Waals surface area (Å²) < 4.78 is 5.06. The van der Waals surface area contributed by atoms with Gasteiger partial charge in [-0.2, -0.15) is 0 Å². The predicted octanol–water partition coefficient (Wildman–Crippen LogP) is 3.40. The first-order valence-electron chi connectivity index (χ1n) is 8.02. The summed E-state index contributed by atoms with van der Waals surface area (Å²) in [5.41, 5.74) is 0.564. The molecule has 5 nitrogen and oxygen atoms in total. The number of aliphatic hydroxyl groups excluding tert-OH is 1. The van der Waals surface area contributed by atoms with E-state index in [0.29, 0.717) is 19.6 Å². The van der Waals surface area contributed by atoms with Gasteiger partial charge in [-0.15, -0.1) is 11.3 Å². The van der Waals surface area contributed by atoms with Crippen molar-refractivity contribution < 1.29 is 19.4 Å². The molecular weight excluding hydrogens is 326 g/mol. The molecule has 0 radical (unpaired) electrons. The van der Waals surface area contributed by atoms with Crippen molar-refractivity contribution in [3.63, 3.8) is 0 Å². The summed E-state index contributed by atoms with van der Waals surface area (Å²) in [5.74, 6) is -1.08. The molecule has 1 aliphatic rings. The maximum atomic E-state index is 12.9. The fourth-order valence-corrected chi connectivity index (χ4v) is 3.88. The van der Waals surface area contributed by atoms with Crippen molar-refractivity contribution in [1.29, 1.82) is 0 Å². The highest BCUT2D eigenvalue weighted by molar-refractivity contribution is 7.10. The number of ketones is 1. The fraction of sp³-hybridized carbons (Fsp3) is 0.556. The van der Waals surface area contributed by atoms with Crippen LogP contribution in [0.3, 0.4) is 0 Å². The molecule has 1 aromatic heterocycles. The standard InChI is InChI=1S/C18H25NO4S/c1-11-7-10-24-15(11)13-12(16(21)18(2,3)4)14(20)17(22)19(13)8-6-9-23-5/h7,10,13,20H,6,8-9H2,1-5H3. The number of hydrogen-bond acceptors (Lipinski definition) is 5. The maximum Gasteiger partial charge on any atom is 0.290 e. The lowest BCUT2D eigenvalue weighted by molar-refractivity contribution is -0.129. The zero-order valence-corrected chi connectivity index (χ0v) is 15.7. The molecule has 0 bridgehead atoms. The van der Waals surface area contributed by atoms with Crippen molar-refractivity contribution in [3.8, 4) is 0 Å². The Morgan fingerprint density at radius 2 is 2.08 bits per heavy atom. The number of ether oxygens (including phenoxy) is 1. The molecule has 24 heavy (non-hydrogen) atoms. The van der Waals surface area contributed by atoms with Gasteiger partial charge < -0.3 is 14.7 Å². The SMILES string of the molecule is COCCCN1C(=O)C(O)=C(C(=O)C(C)(C)C)C1c1sccc1C. The predicted molar refractivity (Wildman–Crippen MR) is 94.1 cm³/mol. The number of methoxy groups -OCH3 is 1. The number of Topliss-reactive ketones (excluding diaryl/α,β-unsaturated/α-hetero) is 1. The van der Waals surface area contributed by atoms with Gasteiger partial charge in [-0.1, -0.05) is 20.8 Å². The molecule has 0 aromatic carbocycles.